The van der Waals surface area contributed by atoms with Crippen molar-refractivity contribution < 1.29 is 23.9 Å². The average molecular weight is 487 g/mol. The molecule has 1 saturated heterocycles. The van der Waals surface area contributed by atoms with Crippen molar-refractivity contribution in [2.24, 2.45) is 5.92 Å². The van der Waals surface area contributed by atoms with Crippen molar-refractivity contribution in [3.05, 3.63) is 23.8 Å². The second-order valence-electron chi connectivity index (χ2n) is 10.2. The predicted molar refractivity (Wildman–Crippen MR) is 132 cm³/mol. The number of anilines is 1. The van der Waals surface area contributed by atoms with Crippen LogP contribution in [0.3, 0.4) is 0 Å². The standard InChI is InChI=1S/C26H38N4O5/c1-29(2)13-5-12-27-24(31)15-19-9-10-21-23(35-19)16-34-22-11-8-18(14-20(22)26(33)30(21)3)28-25(32)17-6-4-7-17/h8,11,14,17,19,21,23H,4-7,9-10,12-13,15-16H2,1-3H3,(H,27,31)(H,28,32)/t19-,21-,23-/m1/s1. The van der Waals surface area contributed by atoms with E-state index < -0.39 is 0 Å². The Morgan fingerprint density at radius 1 is 1.17 bits per heavy atom. The highest BCUT2D eigenvalue weighted by molar-refractivity contribution is 6.00. The number of carbonyl (C=O) groups excluding carboxylic acids is 3. The molecule has 0 spiro atoms. The first-order valence-electron chi connectivity index (χ1n) is 12.7. The Balaban J connectivity index is 1.36. The fraction of sp³-hybridized carbons (Fsp3) is 0.654. The first kappa shape index (κ1) is 25.4. The van der Waals surface area contributed by atoms with Gasteiger partial charge in [-0.3, -0.25) is 14.4 Å². The van der Waals surface area contributed by atoms with Crippen molar-refractivity contribution in [1.82, 2.24) is 15.1 Å². The molecule has 0 radical (unpaired) electrons. The molecule has 1 saturated carbocycles. The normalized spacial score (nSPS) is 24.4. The van der Waals surface area contributed by atoms with Gasteiger partial charge in [0.05, 0.1) is 24.1 Å². The molecule has 3 aliphatic rings. The van der Waals surface area contributed by atoms with E-state index in [0.29, 0.717) is 43.0 Å². The van der Waals surface area contributed by atoms with E-state index in [1.807, 2.05) is 14.1 Å². The maximum absolute atomic E-state index is 13.3. The zero-order valence-corrected chi connectivity index (χ0v) is 21.0. The number of likely N-dealkylation sites (N-methyl/N-ethyl adjacent to an activating group) is 1. The lowest BCUT2D eigenvalue weighted by atomic mass is 9.85. The van der Waals surface area contributed by atoms with E-state index in [9.17, 15) is 14.4 Å². The first-order chi connectivity index (χ1) is 16.8. The number of ether oxygens (including phenoxy) is 2. The molecule has 3 amide bonds. The highest BCUT2D eigenvalue weighted by atomic mass is 16.5. The van der Waals surface area contributed by atoms with E-state index >= 15 is 0 Å². The maximum Gasteiger partial charge on any atom is 0.257 e. The number of nitrogens with one attached hydrogen (secondary N) is 2. The first-order valence-corrected chi connectivity index (χ1v) is 12.7. The number of fused-ring (bicyclic) bond motifs is 2. The molecule has 192 valence electrons. The van der Waals surface area contributed by atoms with Crippen LogP contribution in [0.4, 0.5) is 5.69 Å². The van der Waals surface area contributed by atoms with Gasteiger partial charge in [-0.1, -0.05) is 6.42 Å². The Hall–Kier alpha value is -2.65. The highest BCUT2D eigenvalue weighted by Crippen LogP contribution is 2.33. The molecular formula is C26H38N4O5. The lowest BCUT2D eigenvalue weighted by molar-refractivity contribution is -0.134. The number of amides is 3. The minimum atomic E-state index is -0.310. The summed E-state index contributed by atoms with van der Waals surface area (Å²) < 4.78 is 12.3. The number of hydrogen-bond donors (Lipinski definition) is 2. The second-order valence-corrected chi connectivity index (χ2v) is 10.2. The molecule has 1 aromatic rings. The van der Waals surface area contributed by atoms with Crippen LogP contribution in [0.5, 0.6) is 5.75 Å². The Kier molecular flexibility index (Phi) is 8.28. The van der Waals surface area contributed by atoms with Gasteiger partial charge in [-0.15, -0.1) is 0 Å². The summed E-state index contributed by atoms with van der Waals surface area (Å²) in [5.41, 5.74) is 1.05. The van der Waals surface area contributed by atoms with Crippen molar-refractivity contribution in [2.45, 2.75) is 63.2 Å². The third kappa shape index (κ3) is 6.32. The van der Waals surface area contributed by atoms with Crippen LogP contribution >= 0.6 is 0 Å². The van der Waals surface area contributed by atoms with Crippen molar-refractivity contribution in [3.8, 4) is 5.75 Å². The zero-order chi connectivity index (χ0) is 24.9. The van der Waals surface area contributed by atoms with Gasteiger partial charge in [-0.2, -0.15) is 0 Å². The molecule has 4 rings (SSSR count). The summed E-state index contributed by atoms with van der Waals surface area (Å²) in [5.74, 6) is 0.392. The van der Waals surface area contributed by atoms with Gasteiger partial charge in [-0.05, 0) is 70.9 Å². The van der Waals surface area contributed by atoms with Crippen LogP contribution in [0.15, 0.2) is 18.2 Å². The number of hydrogen-bond acceptors (Lipinski definition) is 6. The third-order valence-corrected chi connectivity index (χ3v) is 7.27. The topological polar surface area (TPSA) is 100 Å². The average Bonchev–Trinajstić information content (AvgIpc) is 2.78. The van der Waals surface area contributed by atoms with Crippen LogP contribution in [-0.4, -0.2) is 86.6 Å². The van der Waals surface area contributed by atoms with E-state index in [1.54, 1.807) is 30.1 Å². The lowest BCUT2D eigenvalue weighted by Crippen LogP contribution is -2.54. The minimum Gasteiger partial charge on any atom is -0.490 e. The Labute approximate surface area is 207 Å². The molecule has 0 unspecified atom stereocenters. The summed E-state index contributed by atoms with van der Waals surface area (Å²) in [6, 6.07) is 5.08. The predicted octanol–water partition coefficient (Wildman–Crippen LogP) is 2.26. The fourth-order valence-corrected chi connectivity index (χ4v) is 4.92. The summed E-state index contributed by atoms with van der Waals surface area (Å²) in [5, 5.41) is 5.91. The molecule has 1 aromatic carbocycles. The number of carbonyl (C=O) groups is 3. The summed E-state index contributed by atoms with van der Waals surface area (Å²) in [6.45, 7) is 1.87. The van der Waals surface area contributed by atoms with E-state index in [4.69, 9.17) is 9.47 Å². The van der Waals surface area contributed by atoms with Gasteiger partial charge >= 0.3 is 0 Å². The lowest BCUT2D eigenvalue weighted by Gasteiger charge is -2.42. The molecule has 2 N–H and O–H groups in total. The molecule has 9 nitrogen and oxygen atoms in total. The number of benzene rings is 1. The van der Waals surface area contributed by atoms with Crippen LogP contribution in [0, 0.1) is 5.92 Å². The smallest absolute Gasteiger partial charge is 0.257 e. The maximum atomic E-state index is 13.3. The van der Waals surface area contributed by atoms with E-state index in [0.717, 1.165) is 38.6 Å². The second kappa shape index (κ2) is 11.4. The summed E-state index contributed by atoms with van der Waals surface area (Å²) in [7, 11) is 5.81. The van der Waals surface area contributed by atoms with E-state index in [-0.39, 0.29) is 41.9 Å². The van der Waals surface area contributed by atoms with Crippen LogP contribution in [0.2, 0.25) is 0 Å². The van der Waals surface area contributed by atoms with Crippen LogP contribution in [0.25, 0.3) is 0 Å². The van der Waals surface area contributed by atoms with E-state index in [1.165, 1.54) is 0 Å². The van der Waals surface area contributed by atoms with Gasteiger partial charge in [0.25, 0.3) is 5.91 Å². The fourth-order valence-electron chi connectivity index (χ4n) is 4.92. The van der Waals surface area contributed by atoms with Gasteiger partial charge in [0, 0.05) is 25.2 Å². The highest BCUT2D eigenvalue weighted by Gasteiger charge is 2.39. The van der Waals surface area contributed by atoms with Crippen molar-refractivity contribution in [2.75, 3.05) is 46.2 Å². The van der Waals surface area contributed by atoms with Crippen molar-refractivity contribution in [1.29, 1.82) is 0 Å². The molecule has 2 heterocycles. The third-order valence-electron chi connectivity index (χ3n) is 7.27. The molecule has 0 aromatic heterocycles. The van der Waals surface area contributed by atoms with Gasteiger partial charge in [0.15, 0.2) is 0 Å². The quantitative estimate of drug-likeness (QED) is 0.547. The van der Waals surface area contributed by atoms with Gasteiger partial charge in [-0.25, -0.2) is 0 Å². The van der Waals surface area contributed by atoms with Crippen LogP contribution in [0.1, 0.15) is 55.3 Å². The largest absolute Gasteiger partial charge is 0.490 e. The van der Waals surface area contributed by atoms with Gasteiger partial charge in [0.2, 0.25) is 11.8 Å². The minimum absolute atomic E-state index is 0.00905. The van der Waals surface area contributed by atoms with Gasteiger partial charge in [0.1, 0.15) is 18.5 Å². The number of rotatable bonds is 8. The van der Waals surface area contributed by atoms with E-state index in [2.05, 4.69) is 15.5 Å². The molecule has 0 bridgehead atoms. The molecule has 9 heteroatoms. The summed E-state index contributed by atoms with van der Waals surface area (Å²) in [6.07, 6.45) is 5.08. The Morgan fingerprint density at radius 2 is 1.97 bits per heavy atom. The summed E-state index contributed by atoms with van der Waals surface area (Å²) >= 11 is 0. The van der Waals surface area contributed by atoms with Gasteiger partial charge < -0.3 is 29.9 Å². The van der Waals surface area contributed by atoms with Crippen molar-refractivity contribution >= 4 is 23.4 Å². The molecule has 2 aliphatic heterocycles. The zero-order valence-electron chi connectivity index (χ0n) is 21.0. The van der Waals surface area contributed by atoms with Crippen LogP contribution < -0.4 is 15.4 Å². The Morgan fingerprint density at radius 3 is 2.69 bits per heavy atom. The Bertz CT molecular complexity index is 932. The number of nitrogens with zero attached hydrogens (tertiary/aromatic N) is 2. The molecule has 2 fully saturated rings. The SMILES string of the molecule is CN(C)CCCNC(=O)C[C@H]1CC[C@@H]2[C@@H](COc3ccc(NC(=O)C4CCC4)cc3C(=O)N2C)O1. The molecule has 35 heavy (non-hydrogen) atoms. The van der Waals surface area contributed by atoms with Crippen LogP contribution in [-0.2, 0) is 14.3 Å². The molecular weight excluding hydrogens is 448 g/mol. The molecule has 1 aliphatic carbocycles. The molecule has 3 atom stereocenters. The van der Waals surface area contributed by atoms with Crippen molar-refractivity contribution in [3.63, 3.8) is 0 Å². The monoisotopic (exact) mass is 486 g/mol. The summed E-state index contributed by atoms with van der Waals surface area (Å²) in [4.78, 5) is 41.9.